The summed E-state index contributed by atoms with van der Waals surface area (Å²) in [5, 5.41) is 12.9. The van der Waals surface area contributed by atoms with Gasteiger partial charge in [0.2, 0.25) is 0 Å². The van der Waals surface area contributed by atoms with E-state index in [4.69, 9.17) is 4.74 Å². The Morgan fingerprint density at radius 1 is 1.42 bits per heavy atom. The number of nitrogens with one attached hydrogen (secondary N) is 1. The Balaban J connectivity index is 2.37. The molecule has 0 radical (unpaired) electrons. The molecule has 1 aliphatic heterocycles. The smallest absolute Gasteiger partial charge is 0.0674 e. The van der Waals surface area contributed by atoms with Crippen molar-refractivity contribution in [3.8, 4) is 0 Å². The third kappa shape index (κ3) is 5.38. The Bertz CT molecular complexity index is 250. The number of likely N-dealkylation sites (N-methyl/N-ethyl adjacent to an activating group) is 1. The Morgan fingerprint density at radius 3 is 2.74 bits per heavy atom. The number of aliphatic hydroxyl groups excluding tert-OH is 1. The molecule has 1 saturated heterocycles. The van der Waals surface area contributed by atoms with E-state index in [-0.39, 0.29) is 12.1 Å². The molecule has 4 heteroatoms. The van der Waals surface area contributed by atoms with Crippen LogP contribution in [0.1, 0.15) is 47.0 Å². The van der Waals surface area contributed by atoms with Crippen LogP contribution in [0.2, 0.25) is 0 Å². The molecule has 4 nitrogen and oxygen atoms in total. The monoisotopic (exact) mass is 272 g/mol. The molecule has 0 amide bonds. The summed E-state index contributed by atoms with van der Waals surface area (Å²) in [6.07, 6.45) is 3.63. The highest BCUT2D eigenvalue weighted by molar-refractivity contribution is 4.83. The fourth-order valence-corrected chi connectivity index (χ4v) is 2.89. The molecule has 0 aromatic carbocycles. The Morgan fingerprint density at radius 2 is 2.16 bits per heavy atom. The van der Waals surface area contributed by atoms with Crippen LogP contribution >= 0.6 is 0 Å². The van der Waals surface area contributed by atoms with Crippen LogP contribution in [-0.4, -0.2) is 60.5 Å². The van der Waals surface area contributed by atoms with Crippen molar-refractivity contribution in [1.29, 1.82) is 0 Å². The molecule has 0 spiro atoms. The first-order valence-corrected chi connectivity index (χ1v) is 7.76. The number of hydrogen-bond donors (Lipinski definition) is 2. The SMILES string of the molecule is CCNC(C)(CO)CCCN1CC(C)OCC1CC. The lowest BCUT2D eigenvalue weighted by atomic mass is 9.96. The van der Waals surface area contributed by atoms with Crippen LogP contribution in [0.25, 0.3) is 0 Å². The third-order valence-electron chi connectivity index (χ3n) is 4.18. The van der Waals surface area contributed by atoms with E-state index in [2.05, 4.69) is 37.9 Å². The minimum atomic E-state index is -0.131. The van der Waals surface area contributed by atoms with Crippen molar-refractivity contribution in [2.24, 2.45) is 0 Å². The second kappa shape index (κ2) is 8.20. The number of ether oxygens (including phenoxy) is 1. The van der Waals surface area contributed by atoms with Gasteiger partial charge in [-0.1, -0.05) is 13.8 Å². The van der Waals surface area contributed by atoms with E-state index in [0.717, 1.165) is 45.5 Å². The highest BCUT2D eigenvalue weighted by Gasteiger charge is 2.26. The van der Waals surface area contributed by atoms with E-state index in [9.17, 15) is 5.11 Å². The quantitative estimate of drug-likeness (QED) is 0.705. The number of morpholine rings is 1. The molecule has 0 saturated carbocycles. The maximum absolute atomic E-state index is 9.50. The van der Waals surface area contributed by atoms with Gasteiger partial charge in [0.25, 0.3) is 0 Å². The lowest BCUT2D eigenvalue weighted by Crippen LogP contribution is -2.50. The fraction of sp³-hybridized carbons (Fsp3) is 1.00. The summed E-state index contributed by atoms with van der Waals surface area (Å²) in [5.74, 6) is 0. The summed E-state index contributed by atoms with van der Waals surface area (Å²) >= 11 is 0. The molecule has 0 aliphatic carbocycles. The maximum atomic E-state index is 9.50. The minimum Gasteiger partial charge on any atom is -0.394 e. The van der Waals surface area contributed by atoms with Gasteiger partial charge in [0.05, 0.1) is 19.3 Å². The van der Waals surface area contributed by atoms with Gasteiger partial charge < -0.3 is 15.2 Å². The first kappa shape index (κ1) is 16.9. The summed E-state index contributed by atoms with van der Waals surface area (Å²) in [7, 11) is 0. The predicted molar refractivity (Wildman–Crippen MR) is 79.5 cm³/mol. The van der Waals surface area contributed by atoms with Crippen LogP contribution in [0.4, 0.5) is 0 Å². The Hall–Kier alpha value is -0.160. The van der Waals surface area contributed by atoms with Crippen molar-refractivity contribution in [2.75, 3.05) is 32.8 Å². The normalized spacial score (nSPS) is 28.3. The molecule has 1 fully saturated rings. The molecular weight excluding hydrogens is 240 g/mol. The van der Waals surface area contributed by atoms with Crippen LogP contribution < -0.4 is 5.32 Å². The molecule has 0 aromatic rings. The number of hydrogen-bond acceptors (Lipinski definition) is 4. The third-order valence-corrected chi connectivity index (χ3v) is 4.18. The van der Waals surface area contributed by atoms with Crippen LogP contribution in [0.15, 0.2) is 0 Å². The first-order valence-electron chi connectivity index (χ1n) is 7.76. The van der Waals surface area contributed by atoms with E-state index >= 15 is 0 Å². The second-order valence-corrected chi connectivity index (χ2v) is 6.05. The second-order valence-electron chi connectivity index (χ2n) is 6.05. The van der Waals surface area contributed by atoms with Gasteiger partial charge in [-0.3, -0.25) is 4.90 Å². The van der Waals surface area contributed by atoms with Gasteiger partial charge in [0.1, 0.15) is 0 Å². The molecule has 114 valence electrons. The summed E-state index contributed by atoms with van der Waals surface area (Å²) in [6.45, 7) is 12.7. The zero-order valence-corrected chi connectivity index (χ0v) is 13.1. The van der Waals surface area contributed by atoms with Crippen LogP contribution in [0.3, 0.4) is 0 Å². The lowest BCUT2D eigenvalue weighted by molar-refractivity contribution is -0.0567. The van der Waals surface area contributed by atoms with Crippen molar-refractivity contribution < 1.29 is 9.84 Å². The zero-order valence-electron chi connectivity index (χ0n) is 13.1. The lowest BCUT2D eigenvalue weighted by Gasteiger charge is -2.39. The van der Waals surface area contributed by atoms with E-state index in [1.54, 1.807) is 0 Å². The van der Waals surface area contributed by atoms with Gasteiger partial charge >= 0.3 is 0 Å². The number of rotatable bonds is 8. The Labute approximate surface area is 118 Å². The molecule has 0 bridgehead atoms. The van der Waals surface area contributed by atoms with E-state index in [0.29, 0.717) is 12.1 Å². The molecule has 3 atom stereocenters. The van der Waals surface area contributed by atoms with Crippen molar-refractivity contribution in [3.05, 3.63) is 0 Å². The molecule has 1 rings (SSSR count). The molecular formula is C15H32N2O2. The average molecular weight is 272 g/mol. The number of nitrogens with zero attached hydrogens (tertiary/aromatic N) is 1. The standard InChI is InChI=1S/C15H32N2O2/c1-5-14-11-19-13(3)10-17(14)9-7-8-15(4,12-18)16-6-2/h13-14,16,18H,5-12H2,1-4H3. The van der Waals surface area contributed by atoms with Crippen molar-refractivity contribution in [2.45, 2.75) is 64.6 Å². The molecule has 2 N–H and O–H groups in total. The van der Waals surface area contributed by atoms with Crippen LogP contribution in [-0.2, 0) is 4.74 Å². The largest absolute Gasteiger partial charge is 0.394 e. The van der Waals surface area contributed by atoms with Gasteiger partial charge in [-0.2, -0.15) is 0 Å². The summed E-state index contributed by atoms with van der Waals surface area (Å²) in [4.78, 5) is 2.55. The predicted octanol–water partition coefficient (Wildman–Crippen LogP) is 1.63. The highest BCUT2D eigenvalue weighted by atomic mass is 16.5. The Kier molecular flexibility index (Phi) is 7.29. The fourth-order valence-electron chi connectivity index (χ4n) is 2.89. The minimum absolute atomic E-state index is 0.131. The van der Waals surface area contributed by atoms with Gasteiger partial charge in [0, 0.05) is 18.1 Å². The first-order chi connectivity index (χ1) is 9.04. The van der Waals surface area contributed by atoms with Crippen molar-refractivity contribution >= 4 is 0 Å². The highest BCUT2D eigenvalue weighted by Crippen LogP contribution is 2.17. The zero-order chi connectivity index (χ0) is 14.3. The molecule has 0 aromatic heterocycles. The molecule has 3 unspecified atom stereocenters. The van der Waals surface area contributed by atoms with Crippen molar-refractivity contribution in [1.82, 2.24) is 10.2 Å². The van der Waals surface area contributed by atoms with E-state index < -0.39 is 0 Å². The van der Waals surface area contributed by atoms with Gasteiger partial charge in [-0.25, -0.2) is 0 Å². The van der Waals surface area contributed by atoms with Gasteiger partial charge in [-0.15, -0.1) is 0 Å². The van der Waals surface area contributed by atoms with E-state index in [1.807, 2.05) is 0 Å². The molecule has 19 heavy (non-hydrogen) atoms. The summed E-state index contributed by atoms with van der Waals surface area (Å²) in [5.41, 5.74) is -0.131. The van der Waals surface area contributed by atoms with Crippen LogP contribution in [0, 0.1) is 0 Å². The van der Waals surface area contributed by atoms with Crippen LogP contribution in [0.5, 0.6) is 0 Å². The van der Waals surface area contributed by atoms with Gasteiger partial charge in [-0.05, 0) is 46.2 Å². The average Bonchev–Trinajstić information content (AvgIpc) is 2.39. The topological polar surface area (TPSA) is 44.7 Å². The molecule has 1 aliphatic rings. The number of aliphatic hydroxyl groups is 1. The summed E-state index contributed by atoms with van der Waals surface area (Å²) < 4.78 is 5.72. The maximum Gasteiger partial charge on any atom is 0.0674 e. The van der Waals surface area contributed by atoms with E-state index in [1.165, 1.54) is 0 Å². The molecule has 1 heterocycles. The summed E-state index contributed by atoms with van der Waals surface area (Å²) in [6, 6.07) is 0.565. The van der Waals surface area contributed by atoms with Gasteiger partial charge in [0.15, 0.2) is 0 Å². The van der Waals surface area contributed by atoms with Crippen molar-refractivity contribution in [3.63, 3.8) is 0 Å².